The van der Waals surface area contributed by atoms with Crippen molar-refractivity contribution >= 4 is 46.7 Å². The van der Waals surface area contributed by atoms with E-state index >= 15 is 0 Å². The van der Waals surface area contributed by atoms with E-state index in [1.807, 2.05) is 0 Å². The van der Waals surface area contributed by atoms with Gasteiger partial charge in [0.1, 0.15) is 9.41 Å². The number of para-hydroxylation sites is 2. The van der Waals surface area contributed by atoms with Gasteiger partial charge in [-0.15, -0.1) is 0 Å². The van der Waals surface area contributed by atoms with E-state index in [2.05, 4.69) is 93.6 Å². The molecule has 2 aromatic rings. The lowest BCUT2D eigenvalue weighted by Gasteiger charge is -2.41. The maximum Gasteiger partial charge on any atom is 0.130 e. The summed E-state index contributed by atoms with van der Waals surface area (Å²) in [7, 11) is 0. The molecule has 2 saturated carbocycles. The molecule has 0 N–H and O–H groups in total. The third-order valence-electron chi connectivity index (χ3n) is 7.37. The lowest BCUT2D eigenvalue weighted by molar-refractivity contribution is 0.420. The molecule has 0 aromatic heterocycles. The molecule has 5 heteroatoms. The van der Waals surface area contributed by atoms with Gasteiger partial charge < -0.3 is 9.80 Å². The van der Waals surface area contributed by atoms with E-state index in [1.165, 1.54) is 85.4 Å². The topological polar surface area (TPSA) is 6.48 Å². The highest BCUT2D eigenvalue weighted by Gasteiger charge is 2.42. The minimum Gasteiger partial charge on any atom is -0.346 e. The number of benzene rings is 2. The first-order valence-corrected chi connectivity index (χ1v) is 14.8. The van der Waals surface area contributed by atoms with Gasteiger partial charge in [0.2, 0.25) is 0 Å². The standard InChI is InChI=1S/C26H32N2S3/c1-3-11-19(12-4-1)27-21-15-7-9-17-23(21)29-25(27)31-26-28(20-13-5-2-6-14-20)22-16-8-10-18-24(22)30-26/h7-10,15-20,25-26H,1-6,11-14H2. The number of rotatable bonds is 4. The molecule has 0 spiro atoms. The lowest BCUT2D eigenvalue weighted by atomic mass is 9.94. The van der Waals surface area contributed by atoms with Crippen molar-refractivity contribution in [3.05, 3.63) is 48.5 Å². The summed E-state index contributed by atoms with van der Waals surface area (Å²) in [6.45, 7) is 0. The van der Waals surface area contributed by atoms with Gasteiger partial charge in [-0.25, -0.2) is 0 Å². The molecule has 0 bridgehead atoms. The van der Waals surface area contributed by atoms with Crippen LogP contribution in [0.5, 0.6) is 0 Å². The first-order chi connectivity index (χ1) is 15.4. The van der Waals surface area contributed by atoms with E-state index in [4.69, 9.17) is 0 Å². The third kappa shape index (κ3) is 4.00. The zero-order valence-corrected chi connectivity index (χ0v) is 20.6. The molecule has 2 heterocycles. The van der Waals surface area contributed by atoms with Crippen LogP contribution in [0.3, 0.4) is 0 Å². The second-order valence-electron chi connectivity index (χ2n) is 9.32. The molecule has 2 aliphatic heterocycles. The van der Waals surface area contributed by atoms with Crippen molar-refractivity contribution in [2.45, 2.75) is 95.5 Å². The summed E-state index contributed by atoms with van der Waals surface area (Å²) in [6.07, 6.45) is 13.8. The Kier molecular flexibility index (Phi) is 6.10. The smallest absolute Gasteiger partial charge is 0.130 e. The minimum absolute atomic E-state index is 0.485. The van der Waals surface area contributed by atoms with Crippen molar-refractivity contribution in [3.8, 4) is 0 Å². The molecular weight excluding hydrogens is 437 g/mol. The van der Waals surface area contributed by atoms with Crippen molar-refractivity contribution in [3.63, 3.8) is 0 Å². The van der Waals surface area contributed by atoms with E-state index in [0.29, 0.717) is 21.5 Å². The van der Waals surface area contributed by atoms with Crippen LogP contribution in [-0.4, -0.2) is 21.5 Å². The summed E-state index contributed by atoms with van der Waals surface area (Å²) < 4.78 is 0.969. The van der Waals surface area contributed by atoms with Crippen molar-refractivity contribution in [1.82, 2.24) is 0 Å². The Morgan fingerprint density at radius 3 is 1.45 bits per heavy atom. The van der Waals surface area contributed by atoms with E-state index in [0.717, 1.165) is 0 Å². The van der Waals surface area contributed by atoms with Gasteiger partial charge in [0, 0.05) is 21.9 Å². The summed E-state index contributed by atoms with van der Waals surface area (Å²) in [5.41, 5.74) is 2.98. The quantitative estimate of drug-likeness (QED) is 0.445. The molecule has 164 valence electrons. The van der Waals surface area contributed by atoms with Gasteiger partial charge >= 0.3 is 0 Å². The van der Waals surface area contributed by atoms with Gasteiger partial charge in [-0.2, -0.15) is 0 Å². The largest absolute Gasteiger partial charge is 0.346 e. The van der Waals surface area contributed by atoms with Crippen LogP contribution in [-0.2, 0) is 0 Å². The number of hydrogen-bond donors (Lipinski definition) is 0. The van der Waals surface area contributed by atoms with Gasteiger partial charge in [-0.3, -0.25) is 0 Å². The number of anilines is 2. The zero-order valence-electron chi connectivity index (χ0n) is 18.1. The van der Waals surface area contributed by atoms with Crippen molar-refractivity contribution in [2.75, 3.05) is 9.80 Å². The predicted molar refractivity (Wildman–Crippen MR) is 138 cm³/mol. The van der Waals surface area contributed by atoms with E-state index in [-0.39, 0.29) is 0 Å². The molecule has 2 nitrogen and oxygen atoms in total. The number of thioether (sulfide) groups is 3. The third-order valence-corrected chi connectivity index (χ3v) is 11.6. The molecule has 0 radical (unpaired) electrons. The van der Waals surface area contributed by atoms with Gasteiger partial charge in [-0.1, -0.05) is 98.1 Å². The number of nitrogens with zero attached hydrogens (tertiary/aromatic N) is 2. The fourth-order valence-corrected chi connectivity index (χ4v) is 10.9. The summed E-state index contributed by atoms with van der Waals surface area (Å²) >= 11 is 6.41. The summed E-state index contributed by atoms with van der Waals surface area (Å²) in [6, 6.07) is 19.7. The molecule has 2 aliphatic carbocycles. The van der Waals surface area contributed by atoms with Crippen LogP contribution in [0.1, 0.15) is 64.2 Å². The monoisotopic (exact) mass is 468 g/mol. The Morgan fingerprint density at radius 1 is 0.581 bits per heavy atom. The molecule has 0 saturated heterocycles. The number of fused-ring (bicyclic) bond motifs is 2. The SMILES string of the molecule is c1ccc2c(c1)SC(SC1Sc3ccccc3N1C1CCCCC1)N2C1CCCCC1. The van der Waals surface area contributed by atoms with Crippen LogP contribution < -0.4 is 9.80 Å². The fraction of sp³-hybridized carbons (Fsp3) is 0.538. The molecule has 4 aliphatic rings. The molecule has 2 fully saturated rings. The van der Waals surface area contributed by atoms with Crippen molar-refractivity contribution in [2.24, 2.45) is 0 Å². The molecular formula is C26H32N2S3. The molecule has 2 aromatic carbocycles. The predicted octanol–water partition coefficient (Wildman–Crippen LogP) is 8.18. The molecule has 2 atom stereocenters. The number of hydrogen-bond acceptors (Lipinski definition) is 5. The lowest BCUT2D eigenvalue weighted by Crippen LogP contribution is -2.43. The zero-order chi connectivity index (χ0) is 20.6. The van der Waals surface area contributed by atoms with Crippen molar-refractivity contribution in [1.29, 1.82) is 0 Å². The highest BCUT2D eigenvalue weighted by Crippen LogP contribution is 2.57. The maximum atomic E-state index is 2.81. The Morgan fingerprint density at radius 2 is 1.00 bits per heavy atom. The molecule has 31 heavy (non-hydrogen) atoms. The summed E-state index contributed by atoms with van der Waals surface area (Å²) in [4.78, 5) is 8.59. The maximum absolute atomic E-state index is 2.81. The second-order valence-corrected chi connectivity index (χ2v) is 13.3. The van der Waals surface area contributed by atoms with Crippen LogP contribution in [0.2, 0.25) is 0 Å². The Balaban J connectivity index is 1.29. The average molecular weight is 469 g/mol. The Labute approximate surface area is 199 Å². The highest BCUT2D eigenvalue weighted by molar-refractivity contribution is 8.24. The van der Waals surface area contributed by atoms with Crippen LogP contribution >= 0.6 is 35.3 Å². The van der Waals surface area contributed by atoms with Crippen molar-refractivity contribution < 1.29 is 0 Å². The van der Waals surface area contributed by atoms with E-state index in [1.54, 1.807) is 0 Å². The first-order valence-electron chi connectivity index (χ1n) is 12.1. The fourth-order valence-electron chi connectivity index (χ4n) is 5.84. The first kappa shape index (κ1) is 20.7. The molecule has 2 unspecified atom stereocenters. The van der Waals surface area contributed by atoms with Gasteiger partial charge in [0.25, 0.3) is 0 Å². The Bertz CT molecular complexity index is 834. The van der Waals surface area contributed by atoms with Crippen LogP contribution in [0, 0.1) is 0 Å². The van der Waals surface area contributed by atoms with E-state index < -0.39 is 0 Å². The van der Waals surface area contributed by atoms with Crippen LogP contribution in [0.25, 0.3) is 0 Å². The summed E-state index contributed by atoms with van der Waals surface area (Å²) in [5, 5.41) is 0. The average Bonchev–Trinajstić information content (AvgIpc) is 3.38. The van der Waals surface area contributed by atoms with Gasteiger partial charge in [0.15, 0.2) is 0 Å². The summed E-state index contributed by atoms with van der Waals surface area (Å²) in [5.74, 6) is 0. The molecule has 0 amide bonds. The minimum atomic E-state index is 0.485. The second kappa shape index (κ2) is 9.15. The van der Waals surface area contributed by atoms with Gasteiger partial charge in [-0.05, 0) is 49.9 Å². The van der Waals surface area contributed by atoms with Gasteiger partial charge in [0.05, 0.1) is 11.4 Å². The molecule has 6 rings (SSSR count). The Hall–Kier alpha value is -0.910. The van der Waals surface area contributed by atoms with Crippen LogP contribution in [0.4, 0.5) is 11.4 Å². The normalized spacial score (nSPS) is 26.8. The van der Waals surface area contributed by atoms with E-state index in [9.17, 15) is 0 Å². The van der Waals surface area contributed by atoms with Crippen LogP contribution in [0.15, 0.2) is 58.3 Å². The highest BCUT2D eigenvalue weighted by atomic mass is 32.2.